The van der Waals surface area contributed by atoms with Gasteiger partial charge in [0.15, 0.2) is 0 Å². The molecule has 2 fully saturated rings. The van der Waals surface area contributed by atoms with Gasteiger partial charge in [-0.2, -0.15) is 0 Å². The van der Waals surface area contributed by atoms with Gasteiger partial charge in [0.25, 0.3) is 0 Å². The van der Waals surface area contributed by atoms with Crippen molar-refractivity contribution in [1.82, 2.24) is 4.90 Å². The van der Waals surface area contributed by atoms with E-state index in [9.17, 15) is 4.79 Å². The van der Waals surface area contributed by atoms with Gasteiger partial charge in [-0.15, -0.1) is 0 Å². The minimum atomic E-state index is -0.0460. The molecule has 2 rings (SSSR count). The number of likely N-dealkylation sites (tertiary alicyclic amines) is 1. The summed E-state index contributed by atoms with van der Waals surface area (Å²) in [6.07, 6.45) is 5.38. The molecule has 110 valence electrons. The van der Waals surface area contributed by atoms with Crippen LogP contribution in [0.4, 0.5) is 0 Å². The Labute approximate surface area is 121 Å². The van der Waals surface area contributed by atoms with Crippen LogP contribution in [0.2, 0.25) is 5.31 Å². The molecule has 0 bridgehead atoms. The lowest BCUT2D eigenvalue weighted by molar-refractivity contribution is -0.139. The van der Waals surface area contributed by atoms with Crippen LogP contribution in [0.3, 0.4) is 0 Å². The first kappa shape index (κ1) is 18.5. The van der Waals surface area contributed by atoms with Crippen molar-refractivity contribution in [2.45, 2.75) is 72.0 Å². The van der Waals surface area contributed by atoms with Gasteiger partial charge in [0.1, 0.15) is 0 Å². The Kier molecular flexibility index (Phi) is 8.44. The van der Waals surface area contributed by atoms with E-state index < -0.39 is 0 Å². The Morgan fingerprint density at radius 2 is 1.79 bits per heavy atom. The average Bonchev–Trinajstić information content (AvgIpc) is 2.57. The molecule has 3 atom stereocenters. The predicted molar refractivity (Wildman–Crippen MR) is 84.5 cm³/mol. The number of carbonyl (C=O) groups excluding carboxylic acids is 1. The van der Waals surface area contributed by atoms with Gasteiger partial charge in [-0.3, -0.25) is 4.79 Å². The van der Waals surface area contributed by atoms with Crippen LogP contribution in [-0.4, -0.2) is 32.2 Å². The first-order valence-corrected chi connectivity index (χ1v) is 8.03. The Hall–Kier alpha value is -0.465. The number of nitrogens with zero attached hydrogens (tertiary/aromatic N) is 1. The normalized spacial score (nSPS) is 34.0. The standard InChI is InChI=1S/C12H20BNO.2C2H6/c1-12(13)6-3-4-10-9(8-12)5-7-14(2)11(10)15;2*1-2/h9-10H,3-8H2,1-2H3;2*1-2H3. The molecule has 2 aliphatic rings. The van der Waals surface area contributed by atoms with Gasteiger partial charge in [0.05, 0.1) is 7.85 Å². The molecule has 3 unspecified atom stereocenters. The lowest BCUT2D eigenvalue weighted by atomic mass is 9.62. The first-order valence-electron chi connectivity index (χ1n) is 8.03. The Morgan fingerprint density at radius 3 is 2.37 bits per heavy atom. The summed E-state index contributed by atoms with van der Waals surface area (Å²) < 4.78 is 0. The number of fused-ring (bicyclic) bond motifs is 1. The average molecular weight is 265 g/mol. The number of rotatable bonds is 0. The zero-order chi connectivity index (χ0) is 15.1. The molecule has 1 aliphatic heterocycles. The van der Waals surface area contributed by atoms with Crippen molar-refractivity contribution < 1.29 is 4.79 Å². The van der Waals surface area contributed by atoms with E-state index >= 15 is 0 Å². The van der Waals surface area contributed by atoms with Gasteiger partial charge in [-0.25, -0.2) is 0 Å². The highest BCUT2D eigenvalue weighted by molar-refractivity contribution is 6.14. The summed E-state index contributed by atoms with van der Waals surface area (Å²) in [4.78, 5) is 13.9. The Morgan fingerprint density at radius 1 is 1.21 bits per heavy atom. The maximum Gasteiger partial charge on any atom is 0.225 e. The lowest BCUT2D eigenvalue weighted by Crippen LogP contribution is -2.43. The monoisotopic (exact) mass is 265 g/mol. The maximum atomic E-state index is 12.0. The zero-order valence-electron chi connectivity index (χ0n) is 13.8. The van der Waals surface area contributed by atoms with Crippen molar-refractivity contribution in [3.8, 4) is 0 Å². The van der Waals surface area contributed by atoms with Gasteiger partial charge >= 0.3 is 0 Å². The summed E-state index contributed by atoms with van der Waals surface area (Å²) >= 11 is 0. The molecular weight excluding hydrogens is 233 g/mol. The van der Waals surface area contributed by atoms with E-state index in [1.54, 1.807) is 0 Å². The number of amides is 1. The van der Waals surface area contributed by atoms with Gasteiger partial charge in [0.2, 0.25) is 5.91 Å². The van der Waals surface area contributed by atoms with Crippen LogP contribution in [0.15, 0.2) is 0 Å². The van der Waals surface area contributed by atoms with E-state index in [4.69, 9.17) is 7.85 Å². The second-order valence-corrected chi connectivity index (χ2v) is 5.67. The van der Waals surface area contributed by atoms with Crippen molar-refractivity contribution in [3.05, 3.63) is 0 Å². The Bertz CT molecular complexity index is 265. The number of hydrogen-bond acceptors (Lipinski definition) is 1. The lowest BCUT2D eigenvalue weighted by Gasteiger charge is -2.37. The van der Waals surface area contributed by atoms with Gasteiger partial charge < -0.3 is 4.90 Å². The van der Waals surface area contributed by atoms with Crippen LogP contribution >= 0.6 is 0 Å². The SMILES string of the molecule is CC.CC.[B]C1(C)CCCC2C(=O)N(C)CCC2C1. The fraction of sp³-hybridized carbons (Fsp3) is 0.938. The molecule has 1 saturated carbocycles. The molecule has 3 heteroatoms. The summed E-state index contributed by atoms with van der Waals surface area (Å²) in [5.41, 5.74) is 0. The fourth-order valence-corrected chi connectivity index (χ4v) is 3.19. The predicted octanol–water partition coefficient (Wildman–Crippen LogP) is 4.05. The molecule has 0 N–H and O–H groups in total. The molecule has 1 heterocycles. The quantitative estimate of drug-likeness (QED) is 0.605. The van der Waals surface area contributed by atoms with Gasteiger partial charge in [-0.05, 0) is 18.8 Å². The third kappa shape index (κ3) is 5.20. The highest BCUT2D eigenvalue weighted by atomic mass is 16.2. The molecule has 19 heavy (non-hydrogen) atoms. The smallest absolute Gasteiger partial charge is 0.225 e. The maximum absolute atomic E-state index is 12.0. The molecule has 0 aromatic rings. The zero-order valence-corrected chi connectivity index (χ0v) is 13.8. The second-order valence-electron chi connectivity index (χ2n) is 5.67. The molecule has 0 aromatic heterocycles. The minimum Gasteiger partial charge on any atom is -0.346 e. The van der Waals surface area contributed by atoms with E-state index in [0.29, 0.717) is 11.8 Å². The summed E-state index contributed by atoms with van der Waals surface area (Å²) in [6.45, 7) is 11.0. The highest BCUT2D eigenvalue weighted by Gasteiger charge is 2.39. The van der Waals surface area contributed by atoms with Crippen LogP contribution in [0.25, 0.3) is 0 Å². The van der Waals surface area contributed by atoms with E-state index in [2.05, 4.69) is 6.92 Å². The topological polar surface area (TPSA) is 20.3 Å². The van der Waals surface area contributed by atoms with E-state index in [1.807, 2.05) is 39.6 Å². The number of carbonyl (C=O) groups is 1. The third-order valence-electron chi connectivity index (χ3n) is 4.09. The van der Waals surface area contributed by atoms with Crippen molar-refractivity contribution in [3.63, 3.8) is 0 Å². The molecule has 2 nitrogen and oxygen atoms in total. The minimum absolute atomic E-state index is 0.0460. The third-order valence-corrected chi connectivity index (χ3v) is 4.09. The van der Waals surface area contributed by atoms with Crippen molar-refractivity contribution in [1.29, 1.82) is 0 Å². The largest absolute Gasteiger partial charge is 0.346 e. The van der Waals surface area contributed by atoms with Crippen LogP contribution in [0.1, 0.15) is 66.7 Å². The van der Waals surface area contributed by atoms with Gasteiger partial charge in [0, 0.05) is 19.5 Å². The van der Waals surface area contributed by atoms with Crippen molar-refractivity contribution in [2.75, 3.05) is 13.6 Å². The van der Waals surface area contributed by atoms with E-state index in [1.165, 1.54) is 0 Å². The van der Waals surface area contributed by atoms with Crippen molar-refractivity contribution >= 4 is 13.8 Å². The first-order chi connectivity index (χ1) is 8.99. The summed E-state index contributed by atoms with van der Waals surface area (Å²) in [5.74, 6) is 1.14. The molecule has 1 aliphatic carbocycles. The summed E-state index contributed by atoms with van der Waals surface area (Å²) in [6, 6.07) is 0. The molecule has 0 aromatic carbocycles. The molecule has 1 saturated heterocycles. The van der Waals surface area contributed by atoms with Gasteiger partial charge in [-0.1, -0.05) is 59.2 Å². The molecule has 1 amide bonds. The molecular formula is C16H32BNO. The fourth-order valence-electron chi connectivity index (χ4n) is 3.19. The number of hydrogen-bond donors (Lipinski definition) is 0. The second kappa shape index (κ2) is 8.66. The van der Waals surface area contributed by atoms with E-state index in [0.717, 1.165) is 38.6 Å². The molecule has 0 spiro atoms. The van der Waals surface area contributed by atoms with Crippen LogP contribution in [0, 0.1) is 11.8 Å². The van der Waals surface area contributed by atoms with Crippen LogP contribution in [-0.2, 0) is 4.79 Å². The van der Waals surface area contributed by atoms with Crippen molar-refractivity contribution in [2.24, 2.45) is 11.8 Å². The molecule has 2 radical (unpaired) electrons. The summed E-state index contributed by atoms with van der Waals surface area (Å²) in [7, 11) is 8.16. The van der Waals surface area contributed by atoms with E-state index in [-0.39, 0.29) is 11.2 Å². The summed E-state index contributed by atoms with van der Waals surface area (Å²) in [5, 5.41) is -0.0460. The number of piperidine rings is 1. The van der Waals surface area contributed by atoms with Crippen LogP contribution < -0.4 is 0 Å². The highest BCUT2D eigenvalue weighted by Crippen LogP contribution is 2.45. The Balaban J connectivity index is 0.000000741. The van der Waals surface area contributed by atoms with Crippen LogP contribution in [0.5, 0.6) is 0 Å².